The van der Waals surface area contributed by atoms with Gasteiger partial charge in [-0.3, -0.25) is 9.59 Å². The van der Waals surface area contributed by atoms with E-state index in [-0.39, 0.29) is 34.8 Å². The molecule has 182 valence electrons. The molecule has 0 aliphatic heterocycles. The van der Waals surface area contributed by atoms with Crippen molar-refractivity contribution in [1.82, 2.24) is 4.57 Å². The standard InChI is InChI=1S/C29H24FNO5/c1-18-6-3-4-9-23(18)25(16-27(32)20-10-13-28(33)31(2)17-20)24-12-11-22(15-26(24)30)36-21-8-5-7-19(14-21)29(34)35/h3-15,17,25H,16H2,1-2H3,(H,34,35). The Labute approximate surface area is 207 Å². The number of hydrogen-bond donors (Lipinski definition) is 1. The number of nitrogens with zero attached hydrogens (tertiary/aromatic N) is 1. The van der Waals surface area contributed by atoms with Crippen LogP contribution in [0.1, 0.15) is 49.7 Å². The largest absolute Gasteiger partial charge is 0.478 e. The van der Waals surface area contributed by atoms with Gasteiger partial charge in [0.1, 0.15) is 17.3 Å². The molecule has 1 unspecified atom stereocenters. The average Bonchev–Trinajstić information content (AvgIpc) is 2.85. The number of hydrogen-bond acceptors (Lipinski definition) is 4. The molecule has 0 saturated heterocycles. The summed E-state index contributed by atoms with van der Waals surface area (Å²) in [7, 11) is 1.57. The van der Waals surface area contributed by atoms with Gasteiger partial charge in [-0.05, 0) is 53.9 Å². The average molecular weight is 486 g/mol. The summed E-state index contributed by atoms with van der Waals surface area (Å²) < 4.78 is 22.5. The van der Waals surface area contributed by atoms with Gasteiger partial charge >= 0.3 is 5.97 Å². The Kier molecular flexibility index (Phi) is 7.10. The third kappa shape index (κ3) is 5.41. The van der Waals surface area contributed by atoms with Crippen molar-refractivity contribution in [3.63, 3.8) is 0 Å². The van der Waals surface area contributed by atoms with Crippen LogP contribution in [0.5, 0.6) is 11.5 Å². The van der Waals surface area contributed by atoms with Crippen molar-refractivity contribution in [2.75, 3.05) is 0 Å². The zero-order chi connectivity index (χ0) is 25.8. The van der Waals surface area contributed by atoms with E-state index in [2.05, 4.69) is 0 Å². The van der Waals surface area contributed by atoms with Gasteiger partial charge in [0.2, 0.25) is 5.56 Å². The minimum absolute atomic E-state index is 0.000831. The predicted molar refractivity (Wildman–Crippen MR) is 134 cm³/mol. The van der Waals surface area contributed by atoms with Crippen LogP contribution in [0, 0.1) is 12.7 Å². The molecule has 4 rings (SSSR count). The van der Waals surface area contributed by atoms with Crippen molar-refractivity contribution in [3.8, 4) is 11.5 Å². The molecule has 0 aliphatic rings. The van der Waals surface area contributed by atoms with Crippen molar-refractivity contribution in [1.29, 1.82) is 0 Å². The van der Waals surface area contributed by atoms with Gasteiger partial charge in [0.15, 0.2) is 5.78 Å². The Morgan fingerprint density at radius 1 is 0.917 bits per heavy atom. The van der Waals surface area contributed by atoms with E-state index in [9.17, 15) is 19.5 Å². The smallest absolute Gasteiger partial charge is 0.335 e. The molecule has 0 bridgehead atoms. The van der Waals surface area contributed by atoms with Crippen LogP contribution in [0.25, 0.3) is 0 Å². The minimum atomic E-state index is -1.09. The molecular weight excluding hydrogens is 461 g/mol. The fourth-order valence-electron chi connectivity index (χ4n) is 4.11. The number of carboxylic acid groups (broad SMARTS) is 1. The van der Waals surface area contributed by atoms with Crippen LogP contribution in [-0.2, 0) is 7.05 Å². The summed E-state index contributed by atoms with van der Waals surface area (Å²) in [4.78, 5) is 36.1. The lowest BCUT2D eigenvalue weighted by Gasteiger charge is -2.21. The predicted octanol–water partition coefficient (Wildman–Crippen LogP) is 5.73. The Bertz CT molecular complexity index is 1510. The van der Waals surface area contributed by atoms with Gasteiger partial charge in [-0.25, -0.2) is 9.18 Å². The Hall–Kier alpha value is -4.52. The fraction of sp³-hybridized carbons (Fsp3) is 0.138. The Morgan fingerprint density at radius 3 is 2.36 bits per heavy atom. The number of ketones is 1. The second-order valence-corrected chi connectivity index (χ2v) is 8.52. The number of aryl methyl sites for hydroxylation is 2. The van der Waals surface area contributed by atoms with Crippen molar-refractivity contribution >= 4 is 11.8 Å². The maximum Gasteiger partial charge on any atom is 0.335 e. The van der Waals surface area contributed by atoms with Crippen LogP contribution < -0.4 is 10.3 Å². The van der Waals surface area contributed by atoms with E-state index < -0.39 is 17.7 Å². The van der Waals surface area contributed by atoms with E-state index in [0.717, 1.165) is 11.1 Å². The molecule has 0 amide bonds. The van der Waals surface area contributed by atoms with Gasteiger partial charge in [-0.2, -0.15) is 0 Å². The molecule has 1 N–H and O–H groups in total. The number of halogens is 1. The van der Waals surface area contributed by atoms with Gasteiger partial charge in [0, 0.05) is 43.3 Å². The molecule has 0 radical (unpaired) electrons. The highest BCUT2D eigenvalue weighted by molar-refractivity contribution is 5.96. The van der Waals surface area contributed by atoms with Crippen LogP contribution in [0.3, 0.4) is 0 Å². The summed E-state index contributed by atoms with van der Waals surface area (Å²) in [6, 6.07) is 20.6. The van der Waals surface area contributed by atoms with Gasteiger partial charge in [-0.1, -0.05) is 36.4 Å². The normalized spacial score (nSPS) is 11.6. The van der Waals surface area contributed by atoms with Gasteiger partial charge in [0.25, 0.3) is 0 Å². The fourth-order valence-corrected chi connectivity index (χ4v) is 4.11. The van der Waals surface area contributed by atoms with Crippen molar-refractivity contribution in [3.05, 3.63) is 129 Å². The summed E-state index contributed by atoms with van der Waals surface area (Å²) in [5.41, 5.74) is 2.26. The number of carbonyl (C=O) groups is 2. The number of carboxylic acids is 1. The highest BCUT2D eigenvalue weighted by atomic mass is 19.1. The van der Waals surface area contributed by atoms with Crippen LogP contribution in [0.2, 0.25) is 0 Å². The molecular formula is C29H24FNO5. The van der Waals surface area contributed by atoms with Crippen molar-refractivity contribution in [2.24, 2.45) is 7.05 Å². The summed E-state index contributed by atoms with van der Waals surface area (Å²) in [5, 5.41) is 9.17. The molecule has 6 nitrogen and oxygen atoms in total. The van der Waals surface area contributed by atoms with Crippen LogP contribution >= 0.6 is 0 Å². The first-order chi connectivity index (χ1) is 17.2. The first kappa shape index (κ1) is 24.6. The maximum atomic E-state index is 15.5. The Morgan fingerprint density at radius 2 is 1.67 bits per heavy atom. The first-order valence-corrected chi connectivity index (χ1v) is 11.3. The maximum absolute atomic E-state index is 15.5. The molecule has 1 atom stereocenters. The molecule has 7 heteroatoms. The highest BCUT2D eigenvalue weighted by Crippen LogP contribution is 2.35. The zero-order valence-electron chi connectivity index (χ0n) is 19.8. The number of aromatic nitrogens is 1. The monoisotopic (exact) mass is 485 g/mol. The third-order valence-corrected chi connectivity index (χ3v) is 6.03. The molecule has 1 heterocycles. The number of ether oxygens (including phenoxy) is 1. The molecule has 1 aromatic heterocycles. The van der Waals surface area contributed by atoms with Crippen LogP contribution in [0.15, 0.2) is 89.9 Å². The number of benzene rings is 3. The van der Waals surface area contributed by atoms with Crippen molar-refractivity contribution < 1.29 is 23.8 Å². The van der Waals surface area contributed by atoms with Gasteiger partial charge in [-0.15, -0.1) is 0 Å². The Balaban J connectivity index is 1.67. The number of pyridine rings is 1. The number of carbonyl (C=O) groups excluding carboxylic acids is 1. The van der Waals surface area contributed by atoms with E-state index in [4.69, 9.17) is 4.74 Å². The van der Waals surface area contributed by atoms with Gasteiger partial charge in [0.05, 0.1) is 5.56 Å². The molecule has 0 aliphatic carbocycles. The summed E-state index contributed by atoms with van der Waals surface area (Å²) in [6.45, 7) is 1.91. The summed E-state index contributed by atoms with van der Waals surface area (Å²) in [6.07, 6.45) is 1.49. The number of aromatic carboxylic acids is 1. The third-order valence-electron chi connectivity index (χ3n) is 6.03. The van der Waals surface area contributed by atoms with Crippen LogP contribution in [0.4, 0.5) is 4.39 Å². The van der Waals surface area contributed by atoms with Crippen molar-refractivity contribution in [2.45, 2.75) is 19.3 Å². The van der Waals surface area contributed by atoms with Crippen LogP contribution in [-0.4, -0.2) is 21.4 Å². The number of rotatable bonds is 8. The van der Waals surface area contributed by atoms with E-state index in [1.807, 2.05) is 31.2 Å². The lowest BCUT2D eigenvalue weighted by molar-refractivity contribution is 0.0696. The lowest BCUT2D eigenvalue weighted by Crippen LogP contribution is -2.18. The summed E-state index contributed by atoms with van der Waals surface area (Å²) in [5.74, 6) is -1.96. The van der Waals surface area contributed by atoms with E-state index >= 15 is 4.39 Å². The molecule has 0 fully saturated rings. The molecule has 3 aromatic carbocycles. The lowest BCUT2D eigenvalue weighted by atomic mass is 9.83. The number of Topliss-reactive ketones (excluding diaryl/α,β-unsaturated/α-hetero) is 1. The first-order valence-electron chi connectivity index (χ1n) is 11.3. The molecule has 0 spiro atoms. The topological polar surface area (TPSA) is 85.6 Å². The minimum Gasteiger partial charge on any atom is -0.478 e. The molecule has 0 saturated carbocycles. The second kappa shape index (κ2) is 10.4. The molecule has 36 heavy (non-hydrogen) atoms. The van der Waals surface area contributed by atoms with E-state index in [1.165, 1.54) is 41.1 Å². The second-order valence-electron chi connectivity index (χ2n) is 8.52. The summed E-state index contributed by atoms with van der Waals surface area (Å²) >= 11 is 0. The quantitative estimate of drug-likeness (QED) is 0.322. The van der Waals surface area contributed by atoms with Gasteiger partial charge < -0.3 is 14.4 Å². The zero-order valence-corrected chi connectivity index (χ0v) is 19.8. The highest BCUT2D eigenvalue weighted by Gasteiger charge is 2.24. The molecule has 4 aromatic rings. The van der Waals surface area contributed by atoms with E-state index in [0.29, 0.717) is 11.1 Å². The SMILES string of the molecule is Cc1ccccc1C(CC(=O)c1ccc(=O)n(C)c1)c1ccc(Oc2cccc(C(=O)O)c2)cc1F. The van der Waals surface area contributed by atoms with E-state index in [1.54, 1.807) is 31.3 Å².